The smallest absolute Gasteiger partial charge is 0.287 e. The first-order valence-corrected chi connectivity index (χ1v) is 11.8. The number of amides is 1. The molecule has 3 aromatic rings. The van der Waals surface area contributed by atoms with Gasteiger partial charge in [-0.05, 0) is 17.5 Å². The first-order chi connectivity index (χ1) is 12.5. The predicted octanol–water partition coefficient (Wildman–Crippen LogP) is 3.95. The van der Waals surface area contributed by atoms with Crippen molar-refractivity contribution in [2.24, 2.45) is 0 Å². The van der Waals surface area contributed by atoms with Gasteiger partial charge in [-0.15, -0.1) is 23.1 Å². The Morgan fingerprint density at radius 3 is 2.77 bits per heavy atom. The fraction of sp³-hybridized carbons (Fsp3) is 0.278. The van der Waals surface area contributed by atoms with E-state index < -0.39 is 9.84 Å². The van der Waals surface area contributed by atoms with Crippen LogP contribution in [-0.2, 0) is 15.6 Å². The standard InChI is InChI=1S/C18H19NO4S3/c1-2-26(21,22)11-9-19-18(20)17-14(12-25-16-8-5-10-24-16)13-6-3-4-7-15(13)23-17/h3-8,10H,2,9,11-12H2,1H3,(H,19,20). The van der Waals surface area contributed by atoms with Crippen molar-refractivity contribution in [2.45, 2.75) is 16.9 Å². The lowest BCUT2D eigenvalue weighted by atomic mass is 10.1. The van der Waals surface area contributed by atoms with Crippen LogP contribution < -0.4 is 5.32 Å². The summed E-state index contributed by atoms with van der Waals surface area (Å²) in [5.74, 6) is 0.469. The Morgan fingerprint density at radius 1 is 1.23 bits per heavy atom. The number of hydrogen-bond acceptors (Lipinski definition) is 6. The fourth-order valence-corrected chi connectivity index (χ4v) is 4.97. The zero-order chi connectivity index (χ0) is 18.6. The number of furan rings is 1. The van der Waals surface area contributed by atoms with E-state index in [4.69, 9.17) is 4.42 Å². The predicted molar refractivity (Wildman–Crippen MR) is 107 cm³/mol. The Kier molecular flexibility index (Phi) is 6.05. The Labute approximate surface area is 160 Å². The number of thioether (sulfide) groups is 1. The van der Waals surface area contributed by atoms with Crippen molar-refractivity contribution >= 4 is 49.8 Å². The zero-order valence-corrected chi connectivity index (χ0v) is 16.7. The van der Waals surface area contributed by atoms with Crippen LogP contribution in [0.1, 0.15) is 23.0 Å². The molecule has 0 bridgehead atoms. The lowest BCUT2D eigenvalue weighted by Gasteiger charge is -2.05. The highest BCUT2D eigenvalue weighted by molar-refractivity contribution is 8.00. The molecule has 2 heterocycles. The molecule has 0 radical (unpaired) electrons. The Morgan fingerprint density at radius 2 is 2.04 bits per heavy atom. The van der Waals surface area contributed by atoms with Crippen LogP contribution in [0.5, 0.6) is 0 Å². The highest BCUT2D eigenvalue weighted by Gasteiger charge is 2.21. The van der Waals surface area contributed by atoms with E-state index in [9.17, 15) is 13.2 Å². The number of carbonyl (C=O) groups excluding carboxylic acids is 1. The van der Waals surface area contributed by atoms with E-state index in [0.717, 1.165) is 15.2 Å². The summed E-state index contributed by atoms with van der Waals surface area (Å²) in [6.45, 7) is 1.67. The number of sulfone groups is 1. The van der Waals surface area contributed by atoms with E-state index in [1.54, 1.807) is 30.0 Å². The summed E-state index contributed by atoms with van der Waals surface area (Å²) in [7, 11) is -3.12. The summed E-state index contributed by atoms with van der Waals surface area (Å²) in [4.78, 5) is 12.6. The third kappa shape index (κ3) is 4.49. The number of carbonyl (C=O) groups is 1. The number of nitrogens with one attached hydrogen (secondary N) is 1. The van der Waals surface area contributed by atoms with Crippen LogP contribution in [0.25, 0.3) is 11.0 Å². The van der Waals surface area contributed by atoms with E-state index in [1.807, 2.05) is 41.8 Å². The molecule has 0 aliphatic carbocycles. The van der Waals surface area contributed by atoms with Crippen molar-refractivity contribution in [1.82, 2.24) is 5.32 Å². The van der Waals surface area contributed by atoms with Crippen LogP contribution in [0, 0.1) is 0 Å². The maximum absolute atomic E-state index is 12.6. The molecule has 0 saturated heterocycles. The summed E-state index contributed by atoms with van der Waals surface area (Å²) in [5, 5.41) is 5.58. The third-order valence-corrected chi connectivity index (χ3v) is 7.76. The molecule has 138 valence electrons. The second kappa shape index (κ2) is 8.28. The van der Waals surface area contributed by atoms with Crippen molar-refractivity contribution in [1.29, 1.82) is 0 Å². The van der Waals surface area contributed by atoms with Gasteiger partial charge in [-0.1, -0.05) is 31.2 Å². The second-order valence-electron chi connectivity index (χ2n) is 5.62. The molecule has 1 aromatic carbocycles. The first-order valence-electron chi connectivity index (χ1n) is 8.15. The maximum Gasteiger partial charge on any atom is 0.287 e. The lowest BCUT2D eigenvalue weighted by molar-refractivity contribution is 0.0929. The molecule has 1 N–H and O–H groups in total. The van der Waals surface area contributed by atoms with Gasteiger partial charge in [0.25, 0.3) is 5.91 Å². The van der Waals surface area contributed by atoms with Gasteiger partial charge in [0.2, 0.25) is 0 Å². The number of para-hydroxylation sites is 1. The normalized spacial score (nSPS) is 11.7. The highest BCUT2D eigenvalue weighted by atomic mass is 32.2. The molecule has 3 rings (SSSR count). The molecule has 1 amide bonds. The molecule has 0 atom stereocenters. The minimum Gasteiger partial charge on any atom is -0.451 e. The average molecular weight is 410 g/mol. The van der Waals surface area contributed by atoms with Gasteiger partial charge in [0.05, 0.1) is 9.96 Å². The van der Waals surface area contributed by atoms with E-state index in [0.29, 0.717) is 11.3 Å². The maximum atomic E-state index is 12.6. The van der Waals surface area contributed by atoms with Crippen molar-refractivity contribution in [2.75, 3.05) is 18.1 Å². The zero-order valence-electron chi connectivity index (χ0n) is 14.2. The molecular formula is C18H19NO4S3. The van der Waals surface area contributed by atoms with Gasteiger partial charge in [0, 0.05) is 29.0 Å². The molecular weight excluding hydrogens is 390 g/mol. The van der Waals surface area contributed by atoms with Crippen molar-refractivity contribution in [3.63, 3.8) is 0 Å². The molecule has 5 nitrogen and oxygen atoms in total. The minimum absolute atomic E-state index is 0.0657. The van der Waals surface area contributed by atoms with E-state index in [1.165, 1.54) is 0 Å². The highest BCUT2D eigenvalue weighted by Crippen LogP contribution is 2.33. The van der Waals surface area contributed by atoms with Crippen LogP contribution in [-0.4, -0.2) is 32.4 Å². The molecule has 2 aromatic heterocycles. The third-order valence-electron chi connectivity index (χ3n) is 3.90. The molecule has 26 heavy (non-hydrogen) atoms. The summed E-state index contributed by atoms with van der Waals surface area (Å²) in [6, 6.07) is 11.5. The molecule has 0 fully saturated rings. The monoisotopic (exact) mass is 409 g/mol. The Hall–Kier alpha value is -1.77. The Balaban J connectivity index is 1.79. The van der Waals surface area contributed by atoms with Crippen molar-refractivity contribution < 1.29 is 17.6 Å². The van der Waals surface area contributed by atoms with Crippen LogP contribution in [0.15, 0.2) is 50.4 Å². The fourth-order valence-electron chi connectivity index (χ4n) is 2.46. The van der Waals surface area contributed by atoms with Gasteiger partial charge in [-0.2, -0.15) is 0 Å². The van der Waals surface area contributed by atoms with Gasteiger partial charge in [0.15, 0.2) is 15.6 Å². The van der Waals surface area contributed by atoms with Gasteiger partial charge >= 0.3 is 0 Å². The van der Waals surface area contributed by atoms with Crippen LogP contribution in [0.2, 0.25) is 0 Å². The number of benzene rings is 1. The van der Waals surface area contributed by atoms with Gasteiger partial charge in [0.1, 0.15) is 5.58 Å². The summed E-state index contributed by atoms with van der Waals surface area (Å²) < 4.78 is 30.1. The quantitative estimate of drug-likeness (QED) is 0.570. The first kappa shape index (κ1) is 19.0. The summed E-state index contributed by atoms with van der Waals surface area (Å²) in [5.41, 5.74) is 1.48. The summed E-state index contributed by atoms with van der Waals surface area (Å²) in [6.07, 6.45) is 0. The summed E-state index contributed by atoms with van der Waals surface area (Å²) >= 11 is 3.29. The topological polar surface area (TPSA) is 76.4 Å². The van der Waals surface area contributed by atoms with Crippen molar-refractivity contribution in [3.8, 4) is 0 Å². The van der Waals surface area contributed by atoms with Gasteiger partial charge < -0.3 is 9.73 Å². The van der Waals surface area contributed by atoms with Crippen LogP contribution in [0.4, 0.5) is 0 Å². The molecule has 0 unspecified atom stereocenters. The molecule has 8 heteroatoms. The van der Waals surface area contributed by atoms with E-state index >= 15 is 0 Å². The average Bonchev–Trinajstić information content (AvgIpc) is 3.27. The molecule has 0 saturated carbocycles. The minimum atomic E-state index is -3.12. The van der Waals surface area contributed by atoms with Gasteiger partial charge in [-0.3, -0.25) is 4.79 Å². The number of hydrogen-bond donors (Lipinski definition) is 1. The van der Waals surface area contributed by atoms with Crippen LogP contribution in [0.3, 0.4) is 0 Å². The lowest BCUT2D eigenvalue weighted by Crippen LogP contribution is -2.29. The van der Waals surface area contributed by atoms with E-state index in [-0.39, 0.29) is 29.7 Å². The number of rotatable bonds is 8. The molecule has 0 aliphatic heterocycles. The molecule has 0 aliphatic rings. The SMILES string of the molecule is CCS(=O)(=O)CCNC(=O)c1oc2ccccc2c1CSc1cccs1. The van der Waals surface area contributed by atoms with E-state index in [2.05, 4.69) is 5.32 Å². The number of fused-ring (bicyclic) bond motifs is 1. The van der Waals surface area contributed by atoms with Gasteiger partial charge in [-0.25, -0.2) is 8.42 Å². The molecule has 0 spiro atoms. The largest absolute Gasteiger partial charge is 0.451 e. The second-order valence-corrected chi connectivity index (χ2v) is 10.3. The van der Waals surface area contributed by atoms with Crippen molar-refractivity contribution in [3.05, 3.63) is 53.1 Å². The van der Waals surface area contributed by atoms with Crippen LogP contribution >= 0.6 is 23.1 Å². The number of thiophene rings is 1. The Bertz CT molecular complexity index is 991.